The zero-order valence-electron chi connectivity index (χ0n) is 10.9. The second-order valence-electron chi connectivity index (χ2n) is 4.65. The van der Waals surface area contributed by atoms with Crippen LogP contribution in [0.15, 0.2) is 6.20 Å². The summed E-state index contributed by atoms with van der Waals surface area (Å²) in [5.41, 5.74) is 0.966. The lowest BCUT2D eigenvalue weighted by Gasteiger charge is -2.08. The predicted octanol–water partition coefficient (Wildman–Crippen LogP) is 1.08. The fraction of sp³-hybridized carbons (Fsp3) is 0.583. The second kappa shape index (κ2) is 5.24. The number of esters is 1. The molecule has 0 saturated heterocycles. The van der Waals surface area contributed by atoms with Crippen molar-refractivity contribution in [2.24, 2.45) is 0 Å². The van der Waals surface area contributed by atoms with Gasteiger partial charge in [-0.05, 0) is 19.8 Å². The molecule has 1 heterocycles. The molecule has 0 bridgehead atoms. The molecule has 2 rings (SSSR count). The summed E-state index contributed by atoms with van der Waals surface area (Å²) in [5.74, 6) is -0.205. The fourth-order valence-electron chi connectivity index (χ4n) is 1.77. The first-order valence-electron chi connectivity index (χ1n) is 6.11. The highest BCUT2D eigenvalue weighted by Gasteiger charge is 2.31. The summed E-state index contributed by atoms with van der Waals surface area (Å²) < 4.78 is 27.4. The molecule has 7 heteroatoms. The lowest BCUT2D eigenvalue weighted by molar-refractivity contribution is 0.0524. The molecule has 0 unspecified atom stereocenters. The van der Waals surface area contributed by atoms with Crippen molar-refractivity contribution in [2.75, 3.05) is 12.9 Å². The summed E-state index contributed by atoms with van der Waals surface area (Å²) in [5, 5.41) is 0. The second-order valence-corrected chi connectivity index (χ2v) is 6.79. The van der Waals surface area contributed by atoms with Crippen LogP contribution in [-0.2, 0) is 20.3 Å². The van der Waals surface area contributed by atoms with Gasteiger partial charge in [-0.1, -0.05) is 0 Å². The van der Waals surface area contributed by atoms with E-state index in [0.717, 1.165) is 19.1 Å². The molecule has 104 valence electrons. The number of ether oxygens (including phenoxy) is 1. The van der Waals surface area contributed by atoms with Crippen molar-refractivity contribution >= 4 is 15.8 Å². The zero-order valence-corrected chi connectivity index (χ0v) is 11.7. The first-order valence-corrected chi connectivity index (χ1v) is 8.17. The van der Waals surface area contributed by atoms with Crippen molar-refractivity contribution in [3.63, 3.8) is 0 Å². The van der Waals surface area contributed by atoms with Crippen LogP contribution in [-0.4, -0.2) is 37.2 Å². The van der Waals surface area contributed by atoms with Crippen molar-refractivity contribution < 1.29 is 17.9 Å². The minimum atomic E-state index is -3.18. The van der Waals surface area contributed by atoms with Gasteiger partial charge in [0.15, 0.2) is 9.84 Å². The van der Waals surface area contributed by atoms with Crippen LogP contribution in [0.3, 0.4) is 0 Å². The van der Waals surface area contributed by atoms with Gasteiger partial charge >= 0.3 is 5.97 Å². The number of nitrogens with zero attached hydrogens (tertiary/aromatic N) is 2. The molecule has 0 aromatic carbocycles. The number of rotatable bonds is 5. The summed E-state index contributed by atoms with van der Waals surface area (Å²) in [7, 11) is -3.18. The Morgan fingerprint density at radius 2 is 2.16 bits per heavy atom. The molecule has 1 aromatic rings. The average molecular weight is 284 g/mol. The van der Waals surface area contributed by atoms with E-state index in [0.29, 0.717) is 11.3 Å². The third kappa shape index (κ3) is 3.73. The van der Waals surface area contributed by atoms with Gasteiger partial charge in [-0.3, -0.25) is 0 Å². The monoisotopic (exact) mass is 284 g/mol. The highest BCUT2D eigenvalue weighted by atomic mass is 32.2. The Hall–Kier alpha value is -1.50. The molecule has 1 aliphatic rings. The molecule has 1 fully saturated rings. The molecule has 6 nitrogen and oxygen atoms in total. The topological polar surface area (TPSA) is 86.2 Å². The molecular weight excluding hydrogens is 268 g/mol. The molecule has 0 N–H and O–H groups in total. The van der Waals surface area contributed by atoms with E-state index in [-0.39, 0.29) is 24.1 Å². The first kappa shape index (κ1) is 13.9. The quantitative estimate of drug-likeness (QED) is 0.752. The molecule has 1 saturated carbocycles. The Kier molecular flexibility index (Phi) is 3.84. The van der Waals surface area contributed by atoms with Crippen LogP contribution >= 0.6 is 0 Å². The maximum absolute atomic E-state index is 11.8. The van der Waals surface area contributed by atoms with E-state index in [9.17, 15) is 13.2 Å². The molecule has 0 spiro atoms. The van der Waals surface area contributed by atoms with E-state index in [1.807, 2.05) is 0 Å². The first-order chi connectivity index (χ1) is 8.90. The molecular formula is C12H16N2O4S. The maximum Gasteiger partial charge on any atom is 0.341 e. The van der Waals surface area contributed by atoms with Gasteiger partial charge in [0, 0.05) is 18.4 Å². The number of hydrogen-bond donors (Lipinski definition) is 0. The third-order valence-electron chi connectivity index (χ3n) is 2.72. The van der Waals surface area contributed by atoms with E-state index in [1.165, 1.54) is 6.20 Å². The molecule has 0 radical (unpaired) electrons. The SMILES string of the molecule is CCOC(=O)c1cnc(CS(C)(=O)=O)nc1C1CC1. The Morgan fingerprint density at radius 1 is 1.47 bits per heavy atom. The summed E-state index contributed by atoms with van der Waals surface area (Å²) in [6, 6.07) is 0. The van der Waals surface area contributed by atoms with Crippen molar-refractivity contribution in [1.82, 2.24) is 9.97 Å². The molecule has 1 aromatic heterocycles. The average Bonchev–Trinajstić information content (AvgIpc) is 3.10. The summed E-state index contributed by atoms with van der Waals surface area (Å²) in [4.78, 5) is 20.0. The fourth-order valence-corrected chi connectivity index (χ4v) is 2.38. The van der Waals surface area contributed by atoms with Crippen molar-refractivity contribution in [3.05, 3.63) is 23.3 Å². The highest BCUT2D eigenvalue weighted by molar-refractivity contribution is 7.89. The van der Waals surface area contributed by atoms with Gasteiger partial charge < -0.3 is 4.74 Å². The van der Waals surface area contributed by atoms with E-state index in [1.54, 1.807) is 6.92 Å². The highest BCUT2D eigenvalue weighted by Crippen LogP contribution is 2.40. The van der Waals surface area contributed by atoms with E-state index >= 15 is 0 Å². The minimum Gasteiger partial charge on any atom is -0.462 e. The predicted molar refractivity (Wildman–Crippen MR) is 68.5 cm³/mol. The summed E-state index contributed by atoms with van der Waals surface area (Å²) in [6.07, 6.45) is 4.43. The Labute approximate surface area is 112 Å². The molecule has 0 aliphatic heterocycles. The number of carbonyl (C=O) groups excluding carboxylic acids is 1. The normalized spacial score (nSPS) is 15.3. The van der Waals surface area contributed by atoms with Gasteiger partial charge in [0.2, 0.25) is 0 Å². The number of hydrogen-bond acceptors (Lipinski definition) is 6. The van der Waals surface area contributed by atoms with Crippen LogP contribution in [0.4, 0.5) is 0 Å². The van der Waals surface area contributed by atoms with Gasteiger partial charge in [0.25, 0.3) is 0 Å². The standard InChI is InChI=1S/C12H16N2O4S/c1-3-18-12(15)9-6-13-10(7-19(2,16)17)14-11(9)8-4-5-8/h6,8H,3-5,7H2,1-2H3. The van der Waals surface area contributed by atoms with E-state index in [2.05, 4.69) is 9.97 Å². The Bertz CT molecular complexity index is 594. The van der Waals surface area contributed by atoms with Gasteiger partial charge in [0.1, 0.15) is 11.6 Å². The van der Waals surface area contributed by atoms with Crippen molar-refractivity contribution in [2.45, 2.75) is 31.4 Å². The lowest BCUT2D eigenvalue weighted by Crippen LogP contribution is -2.13. The molecule has 0 amide bonds. The van der Waals surface area contributed by atoms with Gasteiger partial charge in [-0.25, -0.2) is 23.2 Å². The molecule has 0 atom stereocenters. The number of aromatic nitrogens is 2. The van der Waals surface area contributed by atoms with Crippen molar-refractivity contribution in [1.29, 1.82) is 0 Å². The van der Waals surface area contributed by atoms with Crippen LogP contribution in [0.25, 0.3) is 0 Å². The van der Waals surface area contributed by atoms with Crippen LogP contribution in [0.2, 0.25) is 0 Å². The number of carbonyl (C=O) groups is 1. The van der Waals surface area contributed by atoms with Gasteiger partial charge in [0.05, 0.1) is 17.9 Å². The summed E-state index contributed by atoms with van der Waals surface area (Å²) >= 11 is 0. The summed E-state index contributed by atoms with van der Waals surface area (Å²) in [6.45, 7) is 2.02. The van der Waals surface area contributed by atoms with Crippen LogP contribution in [0, 0.1) is 0 Å². The van der Waals surface area contributed by atoms with Crippen LogP contribution in [0.1, 0.15) is 47.6 Å². The third-order valence-corrected chi connectivity index (χ3v) is 3.50. The minimum absolute atomic E-state index is 0.212. The van der Waals surface area contributed by atoms with E-state index in [4.69, 9.17) is 4.74 Å². The zero-order chi connectivity index (χ0) is 14.0. The maximum atomic E-state index is 11.8. The Morgan fingerprint density at radius 3 is 2.68 bits per heavy atom. The van der Waals surface area contributed by atoms with Gasteiger partial charge in [-0.2, -0.15) is 0 Å². The molecule has 1 aliphatic carbocycles. The van der Waals surface area contributed by atoms with Gasteiger partial charge in [-0.15, -0.1) is 0 Å². The van der Waals surface area contributed by atoms with Crippen LogP contribution in [0.5, 0.6) is 0 Å². The smallest absolute Gasteiger partial charge is 0.341 e. The van der Waals surface area contributed by atoms with Crippen molar-refractivity contribution in [3.8, 4) is 0 Å². The van der Waals surface area contributed by atoms with Crippen LogP contribution < -0.4 is 0 Å². The molecule has 19 heavy (non-hydrogen) atoms. The lowest BCUT2D eigenvalue weighted by atomic mass is 10.1. The number of sulfone groups is 1. The Balaban J connectivity index is 2.33. The van der Waals surface area contributed by atoms with E-state index < -0.39 is 15.8 Å². The largest absolute Gasteiger partial charge is 0.462 e.